The van der Waals surface area contributed by atoms with Crippen LogP contribution in [0.2, 0.25) is 5.02 Å². The van der Waals surface area contributed by atoms with Crippen LogP contribution in [0, 0.1) is 4.77 Å². The number of nitrogens with one attached hydrogen (secondary N) is 2. The molecule has 0 bridgehead atoms. The normalized spacial score (nSPS) is 11.7. The molecule has 0 saturated heterocycles. The molecule has 3 aromatic rings. The number of halogens is 1. The Morgan fingerprint density at radius 2 is 1.97 bits per heavy atom. The van der Waals surface area contributed by atoms with Crippen molar-refractivity contribution in [1.29, 1.82) is 0 Å². The van der Waals surface area contributed by atoms with Gasteiger partial charge in [0.05, 0.1) is 20.3 Å². The van der Waals surface area contributed by atoms with Crippen LogP contribution in [-0.4, -0.2) is 34.9 Å². The molecule has 1 atom stereocenters. The highest BCUT2D eigenvalue weighted by Crippen LogP contribution is 2.29. The van der Waals surface area contributed by atoms with E-state index in [2.05, 4.69) is 15.5 Å². The number of hydrogen-bond donors (Lipinski definition) is 2. The van der Waals surface area contributed by atoms with Gasteiger partial charge in [-0.05, 0) is 61.6 Å². The maximum absolute atomic E-state index is 12.7. The van der Waals surface area contributed by atoms with Crippen molar-refractivity contribution in [2.75, 3.05) is 14.2 Å². The summed E-state index contributed by atoms with van der Waals surface area (Å²) in [6.07, 6.45) is 0. The Morgan fingerprint density at radius 1 is 1.24 bits per heavy atom. The molecule has 2 N–H and O–H groups in total. The second-order valence-corrected chi connectivity index (χ2v) is 7.17. The highest BCUT2D eigenvalue weighted by Gasteiger charge is 2.17. The molecular weight excluding hydrogens is 412 g/mol. The lowest BCUT2D eigenvalue weighted by atomic mass is 10.1. The molecule has 29 heavy (non-hydrogen) atoms. The van der Waals surface area contributed by atoms with Crippen LogP contribution in [0.5, 0.6) is 11.5 Å². The summed E-state index contributed by atoms with van der Waals surface area (Å²) in [4.78, 5) is 12.7. The van der Waals surface area contributed by atoms with Crippen LogP contribution in [0.15, 0.2) is 42.5 Å². The number of amides is 1. The summed E-state index contributed by atoms with van der Waals surface area (Å²) in [7, 11) is 3.18. The van der Waals surface area contributed by atoms with Crippen molar-refractivity contribution in [3.63, 3.8) is 0 Å². The molecule has 0 fully saturated rings. The van der Waals surface area contributed by atoms with Gasteiger partial charge in [-0.25, -0.2) is 0 Å². The van der Waals surface area contributed by atoms with E-state index >= 15 is 0 Å². The predicted molar refractivity (Wildman–Crippen MR) is 114 cm³/mol. The van der Waals surface area contributed by atoms with E-state index in [1.54, 1.807) is 37.0 Å². The number of rotatable bonds is 7. The fourth-order valence-electron chi connectivity index (χ4n) is 2.97. The first kappa shape index (κ1) is 20.9. The molecule has 0 aliphatic heterocycles. The number of aromatic amines is 1. The molecule has 1 amide bonds. The van der Waals surface area contributed by atoms with Gasteiger partial charge in [0.2, 0.25) is 5.91 Å². The van der Waals surface area contributed by atoms with E-state index in [-0.39, 0.29) is 18.5 Å². The SMILES string of the molecule is COc1ccc(OC)c([C@H](C)NC(=O)Cn2c(-c3ccc(Cl)cc3)n[nH]c2=S)c1. The lowest BCUT2D eigenvalue weighted by Crippen LogP contribution is -2.30. The van der Waals surface area contributed by atoms with E-state index in [1.807, 2.05) is 31.2 Å². The fourth-order valence-corrected chi connectivity index (χ4v) is 3.29. The van der Waals surface area contributed by atoms with E-state index in [4.69, 9.17) is 33.3 Å². The summed E-state index contributed by atoms with van der Waals surface area (Å²) in [6.45, 7) is 1.90. The Bertz CT molecular complexity index is 1060. The zero-order valence-corrected chi connectivity index (χ0v) is 17.8. The average Bonchev–Trinajstić information content (AvgIpc) is 3.08. The van der Waals surface area contributed by atoms with Gasteiger partial charge >= 0.3 is 0 Å². The quantitative estimate of drug-likeness (QED) is 0.548. The first-order valence-electron chi connectivity index (χ1n) is 8.85. The molecule has 1 heterocycles. The number of nitrogens with zero attached hydrogens (tertiary/aromatic N) is 2. The third kappa shape index (κ3) is 4.78. The second kappa shape index (κ2) is 9.11. The number of methoxy groups -OCH3 is 2. The molecule has 3 rings (SSSR count). The van der Waals surface area contributed by atoms with Gasteiger partial charge in [-0.2, -0.15) is 5.10 Å². The Kier molecular flexibility index (Phi) is 6.56. The van der Waals surface area contributed by atoms with Gasteiger partial charge in [-0.15, -0.1) is 0 Å². The predicted octanol–water partition coefficient (Wildman–Crippen LogP) is 4.16. The number of H-pyrrole nitrogens is 1. The molecule has 0 saturated carbocycles. The fraction of sp³-hybridized carbons (Fsp3) is 0.250. The molecule has 0 spiro atoms. The van der Waals surface area contributed by atoms with Crippen molar-refractivity contribution in [2.45, 2.75) is 19.5 Å². The number of benzene rings is 2. The highest BCUT2D eigenvalue weighted by atomic mass is 35.5. The van der Waals surface area contributed by atoms with Gasteiger partial charge in [0.1, 0.15) is 18.0 Å². The van der Waals surface area contributed by atoms with Gasteiger partial charge in [0.15, 0.2) is 10.6 Å². The van der Waals surface area contributed by atoms with E-state index in [0.717, 1.165) is 11.1 Å². The molecule has 7 nitrogen and oxygen atoms in total. The van der Waals surface area contributed by atoms with Crippen molar-refractivity contribution in [1.82, 2.24) is 20.1 Å². The van der Waals surface area contributed by atoms with Crippen LogP contribution >= 0.6 is 23.8 Å². The maximum Gasteiger partial charge on any atom is 0.240 e. The van der Waals surface area contributed by atoms with Crippen LogP contribution < -0.4 is 14.8 Å². The Labute approximate surface area is 178 Å². The Morgan fingerprint density at radius 3 is 2.62 bits per heavy atom. The molecule has 0 aliphatic carbocycles. The van der Waals surface area contributed by atoms with Crippen molar-refractivity contribution in [3.05, 3.63) is 57.8 Å². The van der Waals surface area contributed by atoms with Crippen molar-refractivity contribution >= 4 is 29.7 Å². The standard InChI is InChI=1S/C20H21ClN4O3S/c1-12(16-10-15(27-2)8-9-17(16)28-3)22-18(26)11-25-19(23-24-20(25)29)13-4-6-14(21)7-5-13/h4-10,12H,11H2,1-3H3,(H,22,26)(H,24,29)/t12-/m0/s1. The summed E-state index contributed by atoms with van der Waals surface area (Å²) in [6, 6.07) is 12.3. The van der Waals surface area contributed by atoms with E-state index in [1.165, 1.54) is 0 Å². The van der Waals surface area contributed by atoms with Gasteiger partial charge in [-0.3, -0.25) is 14.5 Å². The van der Waals surface area contributed by atoms with Crippen molar-refractivity contribution in [3.8, 4) is 22.9 Å². The number of carbonyl (C=O) groups is 1. The van der Waals surface area contributed by atoms with E-state index in [9.17, 15) is 4.79 Å². The molecule has 152 valence electrons. The lowest BCUT2D eigenvalue weighted by molar-refractivity contribution is -0.122. The first-order valence-corrected chi connectivity index (χ1v) is 9.64. The minimum atomic E-state index is -0.299. The van der Waals surface area contributed by atoms with Gasteiger partial charge in [0.25, 0.3) is 0 Å². The van der Waals surface area contributed by atoms with Crippen molar-refractivity contribution < 1.29 is 14.3 Å². The summed E-state index contributed by atoms with van der Waals surface area (Å²) >= 11 is 11.3. The number of aromatic nitrogens is 3. The summed E-state index contributed by atoms with van der Waals surface area (Å²) < 4.78 is 12.7. The number of carbonyl (C=O) groups excluding carboxylic acids is 1. The Hall–Kier alpha value is -2.84. The van der Waals surface area contributed by atoms with E-state index < -0.39 is 0 Å². The third-order valence-corrected chi connectivity index (χ3v) is 5.01. The topological polar surface area (TPSA) is 81.2 Å². The summed E-state index contributed by atoms with van der Waals surface area (Å²) in [5.41, 5.74) is 1.62. The third-order valence-electron chi connectivity index (χ3n) is 4.44. The second-order valence-electron chi connectivity index (χ2n) is 6.34. The smallest absolute Gasteiger partial charge is 0.240 e. The van der Waals surface area contributed by atoms with E-state index in [0.29, 0.717) is 27.1 Å². The molecule has 0 radical (unpaired) electrons. The zero-order valence-electron chi connectivity index (χ0n) is 16.2. The lowest BCUT2D eigenvalue weighted by Gasteiger charge is -2.18. The largest absolute Gasteiger partial charge is 0.497 e. The van der Waals surface area contributed by atoms with Crippen LogP contribution in [0.3, 0.4) is 0 Å². The molecule has 1 aromatic heterocycles. The molecular formula is C20H21ClN4O3S. The van der Waals surface area contributed by atoms with Crippen LogP contribution in [0.25, 0.3) is 11.4 Å². The number of ether oxygens (including phenoxy) is 2. The Balaban J connectivity index is 1.79. The minimum Gasteiger partial charge on any atom is -0.497 e. The maximum atomic E-state index is 12.7. The monoisotopic (exact) mass is 432 g/mol. The van der Waals surface area contributed by atoms with Gasteiger partial charge < -0.3 is 14.8 Å². The van der Waals surface area contributed by atoms with Crippen LogP contribution in [0.1, 0.15) is 18.5 Å². The van der Waals surface area contributed by atoms with Crippen LogP contribution in [0.4, 0.5) is 0 Å². The van der Waals surface area contributed by atoms with Gasteiger partial charge in [-0.1, -0.05) is 11.6 Å². The molecule has 2 aromatic carbocycles. The highest BCUT2D eigenvalue weighted by molar-refractivity contribution is 7.71. The van der Waals surface area contributed by atoms with Gasteiger partial charge in [0, 0.05) is 16.1 Å². The van der Waals surface area contributed by atoms with Crippen molar-refractivity contribution in [2.24, 2.45) is 0 Å². The molecule has 9 heteroatoms. The molecule has 0 aliphatic rings. The number of hydrogen-bond acceptors (Lipinski definition) is 5. The van der Waals surface area contributed by atoms with Crippen LogP contribution in [-0.2, 0) is 11.3 Å². The minimum absolute atomic E-state index is 0.0178. The zero-order chi connectivity index (χ0) is 21.0. The first-order chi connectivity index (χ1) is 13.9. The molecule has 0 unspecified atom stereocenters. The summed E-state index contributed by atoms with van der Waals surface area (Å²) in [5, 5.41) is 10.6. The average molecular weight is 433 g/mol. The summed E-state index contributed by atoms with van der Waals surface area (Å²) in [5.74, 6) is 1.70.